The minimum atomic E-state index is 0.649. The van der Waals surface area contributed by atoms with Gasteiger partial charge in [-0.2, -0.15) is 0 Å². The molecule has 0 aromatic rings. The summed E-state index contributed by atoms with van der Waals surface area (Å²) in [5.41, 5.74) is 0.654. The number of nitrogens with one attached hydrogen (secondary N) is 1. The molecular formula is C13H25N. The van der Waals surface area contributed by atoms with E-state index in [9.17, 15) is 0 Å². The molecule has 1 N–H and O–H groups in total. The average Bonchev–Trinajstić information content (AvgIpc) is 2.14. The van der Waals surface area contributed by atoms with Gasteiger partial charge in [0.15, 0.2) is 0 Å². The third kappa shape index (κ3) is 1.60. The predicted molar refractivity (Wildman–Crippen MR) is 61.2 cm³/mol. The Morgan fingerprint density at radius 3 is 2.50 bits per heavy atom. The molecule has 0 radical (unpaired) electrons. The summed E-state index contributed by atoms with van der Waals surface area (Å²) in [6, 6.07) is 0.649. The third-order valence-corrected chi connectivity index (χ3v) is 4.79. The summed E-state index contributed by atoms with van der Waals surface area (Å²) in [7, 11) is 0. The van der Waals surface area contributed by atoms with Gasteiger partial charge in [-0.05, 0) is 49.0 Å². The van der Waals surface area contributed by atoms with Crippen LogP contribution in [0.4, 0.5) is 0 Å². The molecule has 3 aliphatic rings. The molecule has 1 heteroatoms. The molecule has 3 unspecified atom stereocenters. The van der Waals surface area contributed by atoms with Gasteiger partial charge in [-0.3, -0.25) is 0 Å². The van der Waals surface area contributed by atoms with Crippen LogP contribution in [-0.2, 0) is 0 Å². The van der Waals surface area contributed by atoms with Gasteiger partial charge < -0.3 is 5.32 Å². The topological polar surface area (TPSA) is 12.0 Å². The fourth-order valence-corrected chi connectivity index (χ4v) is 3.59. The zero-order chi connectivity index (χ0) is 10.3. The van der Waals surface area contributed by atoms with Crippen LogP contribution in [-0.4, -0.2) is 12.6 Å². The van der Waals surface area contributed by atoms with E-state index in [-0.39, 0.29) is 0 Å². The smallest absolute Gasteiger partial charge is 0.00104 e. The van der Waals surface area contributed by atoms with Gasteiger partial charge in [-0.25, -0.2) is 0 Å². The molecule has 0 saturated heterocycles. The monoisotopic (exact) mass is 195 g/mol. The van der Waals surface area contributed by atoms with E-state index in [1.807, 2.05) is 0 Å². The molecule has 0 aliphatic heterocycles. The molecule has 0 spiro atoms. The molecule has 0 aromatic carbocycles. The second-order valence-electron chi connectivity index (χ2n) is 6.26. The van der Waals surface area contributed by atoms with Gasteiger partial charge in [0.2, 0.25) is 0 Å². The van der Waals surface area contributed by atoms with Crippen molar-refractivity contribution in [2.24, 2.45) is 23.2 Å². The first-order valence-electron chi connectivity index (χ1n) is 6.25. The standard InChI is InChI=1S/C13H25N/c1-9(2)14-8-10-5-6-11-7-12(10)13(11,3)4/h9-12,14H,5-8H2,1-4H3. The van der Waals surface area contributed by atoms with E-state index in [4.69, 9.17) is 0 Å². The lowest BCUT2D eigenvalue weighted by molar-refractivity contribution is -0.104. The van der Waals surface area contributed by atoms with Crippen LogP contribution in [0.3, 0.4) is 0 Å². The summed E-state index contributed by atoms with van der Waals surface area (Å²) < 4.78 is 0. The molecule has 3 saturated carbocycles. The van der Waals surface area contributed by atoms with Crippen LogP contribution in [0, 0.1) is 23.2 Å². The SMILES string of the molecule is CC(C)NCC1CCC2CC1C2(C)C. The molecule has 3 fully saturated rings. The Morgan fingerprint density at radius 2 is 2.00 bits per heavy atom. The van der Waals surface area contributed by atoms with Gasteiger partial charge in [-0.15, -0.1) is 0 Å². The highest BCUT2D eigenvalue weighted by Gasteiger charge is 2.53. The number of hydrogen-bond acceptors (Lipinski definition) is 1. The van der Waals surface area contributed by atoms with Crippen molar-refractivity contribution in [2.75, 3.05) is 6.54 Å². The van der Waals surface area contributed by atoms with E-state index < -0.39 is 0 Å². The van der Waals surface area contributed by atoms with Gasteiger partial charge in [0.25, 0.3) is 0 Å². The molecule has 3 rings (SSSR count). The lowest BCUT2D eigenvalue weighted by Gasteiger charge is -2.60. The summed E-state index contributed by atoms with van der Waals surface area (Å²) in [6.07, 6.45) is 4.46. The normalized spacial score (nSPS) is 39.6. The van der Waals surface area contributed by atoms with Crippen molar-refractivity contribution in [1.82, 2.24) is 5.32 Å². The lowest BCUT2D eigenvalue weighted by atomic mass is 9.45. The van der Waals surface area contributed by atoms with Crippen LogP contribution >= 0.6 is 0 Å². The molecule has 0 heterocycles. The van der Waals surface area contributed by atoms with Crippen molar-refractivity contribution in [3.8, 4) is 0 Å². The maximum absolute atomic E-state index is 3.61. The fourth-order valence-electron chi connectivity index (χ4n) is 3.59. The molecule has 1 nitrogen and oxygen atoms in total. The zero-order valence-electron chi connectivity index (χ0n) is 10.1. The quantitative estimate of drug-likeness (QED) is 0.730. The summed E-state index contributed by atoms with van der Waals surface area (Å²) in [5.74, 6) is 3.01. The largest absolute Gasteiger partial charge is 0.314 e. The first-order valence-corrected chi connectivity index (χ1v) is 6.25. The molecule has 3 aliphatic carbocycles. The van der Waals surface area contributed by atoms with Gasteiger partial charge in [0, 0.05) is 6.04 Å². The Bertz CT molecular complexity index is 205. The van der Waals surface area contributed by atoms with E-state index in [1.54, 1.807) is 0 Å². The van der Waals surface area contributed by atoms with Crippen LogP contribution in [0.2, 0.25) is 0 Å². The second-order valence-corrected chi connectivity index (χ2v) is 6.26. The van der Waals surface area contributed by atoms with Gasteiger partial charge in [0.05, 0.1) is 0 Å². The highest BCUT2D eigenvalue weighted by molar-refractivity contribution is 5.03. The van der Waals surface area contributed by atoms with Crippen LogP contribution in [0.25, 0.3) is 0 Å². The second kappa shape index (κ2) is 3.52. The first kappa shape index (κ1) is 10.5. The number of rotatable bonds is 3. The first-order chi connectivity index (χ1) is 6.51. The van der Waals surface area contributed by atoms with Crippen molar-refractivity contribution >= 4 is 0 Å². The Labute approximate surface area is 88.7 Å². The molecule has 14 heavy (non-hydrogen) atoms. The maximum atomic E-state index is 3.61. The Hall–Kier alpha value is -0.0400. The number of hydrogen-bond donors (Lipinski definition) is 1. The van der Waals surface area contributed by atoms with E-state index in [1.165, 1.54) is 25.8 Å². The summed E-state index contributed by atoms with van der Waals surface area (Å²) in [5, 5.41) is 3.61. The summed E-state index contributed by atoms with van der Waals surface area (Å²) >= 11 is 0. The average molecular weight is 195 g/mol. The molecule has 2 bridgehead atoms. The van der Waals surface area contributed by atoms with Crippen LogP contribution < -0.4 is 5.32 Å². The molecule has 0 aromatic heterocycles. The minimum Gasteiger partial charge on any atom is -0.314 e. The summed E-state index contributed by atoms with van der Waals surface area (Å²) in [6.45, 7) is 10.7. The Balaban J connectivity index is 1.88. The van der Waals surface area contributed by atoms with Gasteiger partial charge in [0.1, 0.15) is 0 Å². The highest BCUT2D eigenvalue weighted by Crippen LogP contribution is 2.61. The van der Waals surface area contributed by atoms with Crippen molar-refractivity contribution < 1.29 is 0 Å². The Morgan fingerprint density at radius 1 is 1.29 bits per heavy atom. The third-order valence-electron chi connectivity index (χ3n) is 4.79. The zero-order valence-corrected chi connectivity index (χ0v) is 10.1. The van der Waals surface area contributed by atoms with Crippen molar-refractivity contribution in [3.05, 3.63) is 0 Å². The van der Waals surface area contributed by atoms with E-state index >= 15 is 0 Å². The summed E-state index contributed by atoms with van der Waals surface area (Å²) in [4.78, 5) is 0. The van der Waals surface area contributed by atoms with Crippen LogP contribution in [0.5, 0.6) is 0 Å². The lowest BCUT2D eigenvalue weighted by Crippen LogP contribution is -2.54. The predicted octanol–water partition coefficient (Wildman–Crippen LogP) is 3.06. The van der Waals surface area contributed by atoms with Crippen molar-refractivity contribution in [2.45, 2.75) is 53.0 Å². The highest BCUT2D eigenvalue weighted by atomic mass is 14.9. The van der Waals surface area contributed by atoms with Gasteiger partial charge in [-0.1, -0.05) is 27.7 Å². The molecular weight excluding hydrogens is 170 g/mol. The maximum Gasteiger partial charge on any atom is 0.00104 e. The van der Waals surface area contributed by atoms with E-state index in [0.717, 1.165) is 17.8 Å². The fraction of sp³-hybridized carbons (Fsp3) is 1.00. The molecule has 82 valence electrons. The Kier molecular flexibility index (Phi) is 2.63. The molecule has 3 atom stereocenters. The van der Waals surface area contributed by atoms with E-state index in [0.29, 0.717) is 11.5 Å². The van der Waals surface area contributed by atoms with Crippen molar-refractivity contribution in [1.29, 1.82) is 0 Å². The van der Waals surface area contributed by atoms with Crippen molar-refractivity contribution in [3.63, 3.8) is 0 Å². The van der Waals surface area contributed by atoms with E-state index in [2.05, 4.69) is 33.0 Å². The molecule has 0 amide bonds. The van der Waals surface area contributed by atoms with Gasteiger partial charge >= 0.3 is 0 Å². The number of fused-ring (bicyclic) bond motifs is 2. The minimum absolute atomic E-state index is 0.649. The van der Waals surface area contributed by atoms with Crippen LogP contribution in [0.1, 0.15) is 47.0 Å². The van der Waals surface area contributed by atoms with Crippen LogP contribution in [0.15, 0.2) is 0 Å².